The number of ketones is 1. The smallest absolute Gasteiger partial charge is 0.255 e. The lowest BCUT2D eigenvalue weighted by molar-refractivity contribution is -0.120. The lowest BCUT2D eigenvalue weighted by atomic mass is 9.95. The van der Waals surface area contributed by atoms with Crippen LogP contribution in [0.25, 0.3) is 5.69 Å². The van der Waals surface area contributed by atoms with Gasteiger partial charge in [-0.25, -0.2) is 8.42 Å². The molecule has 1 saturated heterocycles. The number of hydrogen-bond donors (Lipinski definition) is 1. The van der Waals surface area contributed by atoms with Crippen molar-refractivity contribution in [1.29, 1.82) is 0 Å². The molecule has 2 atom stereocenters. The Bertz CT molecular complexity index is 1060. The standard InChI is InChI=1S/C19H20N3O5S/c1-28(26,27)22-12-13(10-16(22)19(20)25)11-17(23)14-5-7-15(8-6-14)21-9-3-2-4-18(21)24/h2-10,13,16H,11-12H2,1H3,(H2,20,25). The summed E-state index contributed by atoms with van der Waals surface area (Å²) >= 11 is 0. The van der Waals surface area contributed by atoms with Crippen molar-refractivity contribution in [2.45, 2.75) is 12.5 Å². The Morgan fingerprint density at radius 2 is 1.82 bits per heavy atom. The maximum Gasteiger partial charge on any atom is 0.255 e. The molecular weight excluding hydrogens is 382 g/mol. The molecule has 0 saturated carbocycles. The fourth-order valence-electron chi connectivity index (χ4n) is 3.27. The number of aromatic nitrogens is 1. The maximum atomic E-state index is 12.6. The first-order valence-corrected chi connectivity index (χ1v) is 10.4. The van der Waals surface area contributed by atoms with Gasteiger partial charge in [0.15, 0.2) is 5.78 Å². The van der Waals surface area contributed by atoms with Gasteiger partial charge in [-0.15, -0.1) is 0 Å². The van der Waals surface area contributed by atoms with Crippen LogP contribution in [0, 0.1) is 12.3 Å². The largest absolute Gasteiger partial charge is 0.368 e. The molecule has 2 unspecified atom stereocenters. The number of benzene rings is 1. The van der Waals surface area contributed by atoms with E-state index in [4.69, 9.17) is 5.73 Å². The van der Waals surface area contributed by atoms with Gasteiger partial charge in [-0.05, 0) is 42.7 Å². The Labute approximate surface area is 162 Å². The van der Waals surface area contributed by atoms with Crippen molar-refractivity contribution < 1.29 is 18.0 Å². The second kappa shape index (κ2) is 7.69. The number of sulfonamides is 1. The Morgan fingerprint density at radius 3 is 2.36 bits per heavy atom. The first-order chi connectivity index (χ1) is 13.2. The molecule has 2 aromatic rings. The molecule has 1 amide bonds. The van der Waals surface area contributed by atoms with Gasteiger partial charge in [0.05, 0.1) is 6.26 Å². The lowest BCUT2D eigenvalue weighted by Gasteiger charge is -2.18. The third-order valence-electron chi connectivity index (χ3n) is 4.63. The molecule has 147 valence electrons. The molecule has 1 aliphatic heterocycles. The highest BCUT2D eigenvalue weighted by atomic mass is 32.2. The number of nitrogens with two attached hydrogens (primary N) is 1. The summed E-state index contributed by atoms with van der Waals surface area (Å²) in [5.74, 6) is -1.36. The third-order valence-corrected chi connectivity index (χ3v) is 5.86. The number of hydrogen-bond acceptors (Lipinski definition) is 5. The Balaban J connectivity index is 1.72. The first kappa shape index (κ1) is 20.0. The van der Waals surface area contributed by atoms with Crippen LogP contribution in [0.1, 0.15) is 16.8 Å². The van der Waals surface area contributed by atoms with E-state index in [9.17, 15) is 22.8 Å². The fourth-order valence-corrected chi connectivity index (χ4v) is 4.32. The van der Waals surface area contributed by atoms with Crippen LogP contribution in [0.15, 0.2) is 53.5 Å². The molecule has 0 bridgehead atoms. The van der Waals surface area contributed by atoms with E-state index < -0.39 is 27.9 Å². The van der Waals surface area contributed by atoms with Crippen molar-refractivity contribution in [1.82, 2.24) is 8.87 Å². The van der Waals surface area contributed by atoms with Gasteiger partial charge in [-0.3, -0.25) is 19.0 Å². The number of pyridine rings is 1. The fraction of sp³-hybridized carbons (Fsp3) is 0.263. The molecule has 9 heteroatoms. The van der Waals surface area contributed by atoms with Crippen LogP contribution in [-0.4, -0.2) is 47.8 Å². The molecule has 8 nitrogen and oxygen atoms in total. The van der Waals surface area contributed by atoms with Crippen molar-refractivity contribution in [3.63, 3.8) is 0 Å². The van der Waals surface area contributed by atoms with Crippen molar-refractivity contribution in [3.8, 4) is 5.69 Å². The number of primary amides is 1. The molecule has 2 N–H and O–H groups in total. The Morgan fingerprint density at radius 1 is 1.14 bits per heavy atom. The van der Waals surface area contributed by atoms with Gasteiger partial charge in [-0.2, -0.15) is 4.31 Å². The topological polar surface area (TPSA) is 120 Å². The van der Waals surface area contributed by atoms with E-state index in [0.29, 0.717) is 11.3 Å². The Kier molecular flexibility index (Phi) is 5.48. The molecule has 28 heavy (non-hydrogen) atoms. The average molecular weight is 402 g/mol. The van der Waals surface area contributed by atoms with Crippen LogP contribution in [0.5, 0.6) is 0 Å². The molecule has 1 fully saturated rings. The summed E-state index contributed by atoms with van der Waals surface area (Å²) in [5, 5.41) is 0. The predicted molar refractivity (Wildman–Crippen MR) is 103 cm³/mol. The van der Waals surface area contributed by atoms with E-state index in [1.807, 2.05) is 0 Å². The van der Waals surface area contributed by atoms with Crippen molar-refractivity contribution in [2.24, 2.45) is 11.7 Å². The van der Waals surface area contributed by atoms with Gasteiger partial charge < -0.3 is 5.73 Å². The van der Waals surface area contributed by atoms with Crippen molar-refractivity contribution in [3.05, 3.63) is 71.0 Å². The molecule has 0 aliphatic carbocycles. The molecule has 3 rings (SSSR count). The van der Waals surface area contributed by atoms with Gasteiger partial charge in [0, 0.05) is 36.5 Å². The highest BCUT2D eigenvalue weighted by Gasteiger charge is 2.41. The van der Waals surface area contributed by atoms with E-state index >= 15 is 0 Å². The third kappa shape index (κ3) is 4.20. The maximum absolute atomic E-state index is 12.6. The van der Waals surface area contributed by atoms with Crippen molar-refractivity contribution >= 4 is 21.7 Å². The van der Waals surface area contributed by atoms with Crippen LogP contribution in [0.3, 0.4) is 0 Å². The minimum Gasteiger partial charge on any atom is -0.368 e. The number of carbonyl (C=O) groups is 2. The number of rotatable bonds is 6. The lowest BCUT2D eigenvalue weighted by Crippen LogP contribution is -2.43. The summed E-state index contributed by atoms with van der Waals surface area (Å²) in [4.78, 5) is 36.0. The second-order valence-corrected chi connectivity index (χ2v) is 8.65. The molecule has 1 aliphatic rings. The van der Waals surface area contributed by atoms with Crippen LogP contribution < -0.4 is 11.3 Å². The van der Waals surface area contributed by atoms with Crippen LogP contribution in [0.4, 0.5) is 0 Å². The number of carbonyl (C=O) groups excluding carboxylic acids is 2. The quantitative estimate of drug-likeness (QED) is 0.700. The van der Waals surface area contributed by atoms with Crippen LogP contribution in [0.2, 0.25) is 0 Å². The highest BCUT2D eigenvalue weighted by Crippen LogP contribution is 2.28. The van der Waals surface area contributed by atoms with Gasteiger partial charge in [0.2, 0.25) is 15.9 Å². The molecule has 2 heterocycles. The zero-order chi connectivity index (χ0) is 20.5. The minimum atomic E-state index is -3.61. The van der Waals surface area contributed by atoms with Crippen molar-refractivity contribution in [2.75, 3.05) is 12.8 Å². The van der Waals surface area contributed by atoms with E-state index in [1.165, 1.54) is 17.1 Å². The second-order valence-electron chi connectivity index (χ2n) is 6.72. The van der Waals surface area contributed by atoms with Crippen LogP contribution in [-0.2, 0) is 14.8 Å². The molecule has 1 radical (unpaired) electrons. The van der Waals surface area contributed by atoms with Gasteiger partial charge in [0.1, 0.15) is 6.04 Å². The monoisotopic (exact) mass is 402 g/mol. The Hall–Kier alpha value is -2.78. The number of nitrogens with zero attached hydrogens (tertiary/aromatic N) is 2. The summed E-state index contributed by atoms with van der Waals surface area (Å²) in [5.41, 5.74) is 6.17. The summed E-state index contributed by atoms with van der Waals surface area (Å²) in [6.45, 7) is 0.0374. The molecular formula is C19H20N3O5S. The normalized spacial score (nSPS) is 20.2. The molecule has 1 aromatic heterocycles. The van der Waals surface area contributed by atoms with Gasteiger partial charge >= 0.3 is 0 Å². The number of Topliss-reactive ketones (excluding diaryl/α,β-unsaturated/α-hetero) is 1. The average Bonchev–Trinajstić information content (AvgIpc) is 3.07. The minimum absolute atomic E-state index is 0.0374. The summed E-state index contributed by atoms with van der Waals surface area (Å²) in [6, 6.07) is 10.4. The highest BCUT2D eigenvalue weighted by molar-refractivity contribution is 7.88. The number of amides is 1. The van der Waals surface area contributed by atoms with Crippen LogP contribution >= 0.6 is 0 Å². The molecule has 1 aromatic carbocycles. The zero-order valence-electron chi connectivity index (χ0n) is 15.2. The molecule has 0 spiro atoms. The van der Waals surface area contributed by atoms with E-state index in [0.717, 1.165) is 10.6 Å². The van der Waals surface area contributed by atoms with E-state index in [2.05, 4.69) is 0 Å². The summed E-state index contributed by atoms with van der Waals surface area (Å²) in [6.07, 6.45) is 4.21. The van der Waals surface area contributed by atoms with E-state index in [-0.39, 0.29) is 24.3 Å². The SMILES string of the molecule is CS(=O)(=O)N1CC(CC(=O)c2ccc(-n3ccccc3=O)cc2)[CH]C1C(N)=O. The zero-order valence-corrected chi connectivity index (χ0v) is 16.0. The predicted octanol–water partition coefficient (Wildman–Crippen LogP) is 0.360. The first-order valence-electron chi connectivity index (χ1n) is 8.59. The van der Waals surface area contributed by atoms with E-state index in [1.54, 1.807) is 42.6 Å². The summed E-state index contributed by atoms with van der Waals surface area (Å²) in [7, 11) is -3.61. The summed E-state index contributed by atoms with van der Waals surface area (Å²) < 4.78 is 26.1. The van der Waals surface area contributed by atoms with Gasteiger partial charge in [-0.1, -0.05) is 6.07 Å². The van der Waals surface area contributed by atoms with Gasteiger partial charge in [0.25, 0.3) is 5.56 Å².